The lowest BCUT2D eigenvalue weighted by Gasteiger charge is -2.19. The van der Waals surface area contributed by atoms with Crippen molar-refractivity contribution in [1.82, 2.24) is 5.32 Å². The summed E-state index contributed by atoms with van der Waals surface area (Å²) in [6, 6.07) is 13.6. The fourth-order valence-electron chi connectivity index (χ4n) is 1.86. The number of benzene rings is 2. The van der Waals surface area contributed by atoms with Crippen LogP contribution < -0.4 is 11.1 Å². The van der Waals surface area contributed by atoms with Crippen molar-refractivity contribution in [2.45, 2.75) is 6.04 Å². The van der Waals surface area contributed by atoms with Crippen LogP contribution in [0.1, 0.15) is 17.2 Å². The van der Waals surface area contributed by atoms with E-state index < -0.39 is 12.1 Å². The fourth-order valence-corrected chi connectivity index (χ4v) is 2.38. The Kier molecular flexibility index (Phi) is 4.30. The summed E-state index contributed by atoms with van der Waals surface area (Å²) in [6.45, 7) is 0. The molecule has 19 heavy (non-hydrogen) atoms. The minimum Gasteiger partial charge on any atom is -0.352 e. The topological polar surface area (TPSA) is 55.1 Å². The van der Waals surface area contributed by atoms with Gasteiger partial charge in [-0.05, 0) is 23.3 Å². The van der Waals surface area contributed by atoms with E-state index in [-0.39, 0.29) is 0 Å². The highest BCUT2D eigenvalue weighted by molar-refractivity contribution is 6.35. The first-order chi connectivity index (χ1) is 9.08. The first-order valence-corrected chi connectivity index (χ1v) is 6.39. The van der Waals surface area contributed by atoms with Crippen LogP contribution in [0.3, 0.4) is 0 Å². The lowest BCUT2D eigenvalue weighted by molar-refractivity contribution is 0.247. The van der Waals surface area contributed by atoms with E-state index in [1.807, 2.05) is 30.3 Å². The highest BCUT2D eigenvalue weighted by atomic mass is 35.5. The van der Waals surface area contributed by atoms with Gasteiger partial charge in [0, 0.05) is 10.0 Å². The lowest BCUT2D eigenvalue weighted by Crippen LogP contribution is -2.33. The predicted molar refractivity (Wildman–Crippen MR) is 77.5 cm³/mol. The van der Waals surface area contributed by atoms with Gasteiger partial charge < -0.3 is 11.1 Å². The summed E-state index contributed by atoms with van der Waals surface area (Å²) >= 11 is 12.1. The van der Waals surface area contributed by atoms with Gasteiger partial charge >= 0.3 is 6.03 Å². The second kappa shape index (κ2) is 5.95. The highest BCUT2D eigenvalue weighted by Gasteiger charge is 2.18. The van der Waals surface area contributed by atoms with E-state index in [2.05, 4.69) is 5.32 Å². The van der Waals surface area contributed by atoms with Gasteiger partial charge in [0.15, 0.2) is 0 Å². The Bertz CT molecular complexity index is 587. The standard InChI is InChI=1S/C14H12Cl2N2O/c15-10-6-7-11(12(16)8-10)13(18-14(17)19)9-4-2-1-3-5-9/h1-8,13H,(H3,17,18,19). The molecular formula is C14H12Cl2N2O. The van der Waals surface area contributed by atoms with E-state index in [0.29, 0.717) is 10.0 Å². The Morgan fingerprint density at radius 3 is 2.37 bits per heavy atom. The third-order valence-corrected chi connectivity index (χ3v) is 3.26. The lowest BCUT2D eigenvalue weighted by atomic mass is 9.99. The number of nitrogens with one attached hydrogen (secondary N) is 1. The monoisotopic (exact) mass is 294 g/mol. The number of nitrogens with two attached hydrogens (primary N) is 1. The summed E-state index contributed by atoms with van der Waals surface area (Å²) in [5.74, 6) is 0. The van der Waals surface area contributed by atoms with Crippen molar-refractivity contribution in [1.29, 1.82) is 0 Å². The van der Waals surface area contributed by atoms with Crippen LogP contribution in [0.25, 0.3) is 0 Å². The SMILES string of the molecule is NC(=O)NC(c1ccccc1)c1ccc(Cl)cc1Cl. The molecule has 1 unspecified atom stereocenters. The van der Waals surface area contributed by atoms with Gasteiger partial charge in [-0.2, -0.15) is 0 Å². The number of urea groups is 1. The predicted octanol–water partition coefficient (Wildman–Crippen LogP) is 3.75. The first-order valence-electron chi connectivity index (χ1n) is 5.64. The Hall–Kier alpha value is -1.71. The maximum atomic E-state index is 11.2. The number of halogens is 2. The van der Waals surface area contributed by atoms with Gasteiger partial charge in [0.05, 0.1) is 6.04 Å². The Balaban J connectivity index is 2.46. The molecule has 2 aromatic carbocycles. The third-order valence-electron chi connectivity index (χ3n) is 2.69. The number of carbonyl (C=O) groups excluding carboxylic acids is 1. The number of carbonyl (C=O) groups is 1. The second-order valence-electron chi connectivity index (χ2n) is 4.02. The van der Waals surface area contributed by atoms with Gasteiger partial charge in [-0.1, -0.05) is 59.6 Å². The van der Waals surface area contributed by atoms with Crippen molar-refractivity contribution in [3.63, 3.8) is 0 Å². The zero-order valence-corrected chi connectivity index (χ0v) is 11.4. The van der Waals surface area contributed by atoms with Crippen molar-refractivity contribution in [2.75, 3.05) is 0 Å². The van der Waals surface area contributed by atoms with Crippen LogP contribution in [0.15, 0.2) is 48.5 Å². The minimum atomic E-state index is -0.611. The molecule has 2 aromatic rings. The Morgan fingerprint density at radius 2 is 1.79 bits per heavy atom. The van der Waals surface area contributed by atoms with Crippen LogP contribution in [-0.2, 0) is 0 Å². The normalized spacial score (nSPS) is 11.9. The second-order valence-corrected chi connectivity index (χ2v) is 4.86. The smallest absolute Gasteiger partial charge is 0.312 e. The molecule has 0 aromatic heterocycles. The summed E-state index contributed by atoms with van der Waals surface area (Å²) in [7, 11) is 0. The van der Waals surface area contributed by atoms with Crippen molar-refractivity contribution in [3.05, 3.63) is 69.7 Å². The molecule has 0 aliphatic rings. The van der Waals surface area contributed by atoms with E-state index in [1.165, 1.54) is 0 Å². The molecule has 0 heterocycles. The van der Waals surface area contributed by atoms with Crippen molar-refractivity contribution in [3.8, 4) is 0 Å². The van der Waals surface area contributed by atoms with Gasteiger partial charge in [0.2, 0.25) is 0 Å². The summed E-state index contributed by atoms with van der Waals surface area (Å²) in [4.78, 5) is 11.2. The fraction of sp³-hybridized carbons (Fsp3) is 0.0714. The molecule has 0 spiro atoms. The Labute approximate surface area is 121 Å². The van der Waals surface area contributed by atoms with Gasteiger partial charge in [0.25, 0.3) is 0 Å². The molecule has 2 amide bonds. The molecule has 5 heteroatoms. The molecule has 0 saturated heterocycles. The highest BCUT2D eigenvalue weighted by Crippen LogP contribution is 2.30. The van der Waals surface area contributed by atoms with Gasteiger partial charge in [-0.25, -0.2) is 4.79 Å². The molecule has 0 fully saturated rings. The minimum absolute atomic E-state index is 0.400. The first kappa shape index (κ1) is 13.7. The molecule has 0 aliphatic carbocycles. The molecule has 1 atom stereocenters. The molecule has 0 aliphatic heterocycles. The molecule has 0 saturated carbocycles. The quantitative estimate of drug-likeness (QED) is 0.890. The number of amides is 2. The maximum Gasteiger partial charge on any atom is 0.312 e. The zero-order chi connectivity index (χ0) is 13.8. The van der Waals surface area contributed by atoms with Crippen LogP contribution in [0.5, 0.6) is 0 Å². The number of hydrogen-bond acceptors (Lipinski definition) is 1. The zero-order valence-electron chi connectivity index (χ0n) is 9.94. The van der Waals surface area contributed by atoms with Crippen molar-refractivity contribution in [2.24, 2.45) is 5.73 Å². The summed E-state index contributed by atoms with van der Waals surface area (Å²) in [5.41, 5.74) is 6.87. The van der Waals surface area contributed by atoms with Gasteiger partial charge in [-0.15, -0.1) is 0 Å². The van der Waals surface area contributed by atoms with Gasteiger partial charge in [-0.3, -0.25) is 0 Å². The van der Waals surface area contributed by atoms with E-state index in [1.54, 1.807) is 18.2 Å². The third kappa shape index (κ3) is 3.40. The van der Waals surface area contributed by atoms with Crippen molar-refractivity contribution >= 4 is 29.2 Å². The van der Waals surface area contributed by atoms with E-state index in [9.17, 15) is 4.79 Å². The van der Waals surface area contributed by atoms with E-state index in [4.69, 9.17) is 28.9 Å². The van der Waals surface area contributed by atoms with Crippen LogP contribution >= 0.6 is 23.2 Å². The molecular weight excluding hydrogens is 283 g/mol. The number of rotatable bonds is 3. The van der Waals surface area contributed by atoms with Crippen LogP contribution in [0.4, 0.5) is 4.79 Å². The Morgan fingerprint density at radius 1 is 1.11 bits per heavy atom. The summed E-state index contributed by atoms with van der Waals surface area (Å²) in [6.07, 6.45) is 0. The summed E-state index contributed by atoms with van der Waals surface area (Å²) in [5, 5.41) is 3.71. The van der Waals surface area contributed by atoms with Crippen LogP contribution in [0, 0.1) is 0 Å². The summed E-state index contributed by atoms with van der Waals surface area (Å²) < 4.78 is 0. The van der Waals surface area contributed by atoms with Crippen molar-refractivity contribution < 1.29 is 4.79 Å². The maximum absolute atomic E-state index is 11.2. The number of primary amides is 1. The molecule has 0 bridgehead atoms. The van der Waals surface area contributed by atoms with E-state index in [0.717, 1.165) is 11.1 Å². The average Bonchev–Trinajstić information content (AvgIpc) is 2.37. The molecule has 2 rings (SSSR count). The van der Waals surface area contributed by atoms with E-state index >= 15 is 0 Å². The molecule has 3 nitrogen and oxygen atoms in total. The van der Waals surface area contributed by atoms with Gasteiger partial charge in [0.1, 0.15) is 0 Å². The average molecular weight is 295 g/mol. The molecule has 3 N–H and O–H groups in total. The van der Waals surface area contributed by atoms with Crippen LogP contribution in [-0.4, -0.2) is 6.03 Å². The molecule has 98 valence electrons. The van der Waals surface area contributed by atoms with Crippen LogP contribution in [0.2, 0.25) is 10.0 Å². The molecule has 0 radical (unpaired) electrons. The number of hydrogen-bond donors (Lipinski definition) is 2. The largest absolute Gasteiger partial charge is 0.352 e.